The van der Waals surface area contributed by atoms with E-state index >= 15 is 0 Å². The molecule has 0 unspecified atom stereocenters. The van der Waals surface area contributed by atoms with Crippen LogP contribution in [0.5, 0.6) is 5.75 Å². The Bertz CT molecular complexity index is 566. The number of carbonyl (C=O) groups excluding carboxylic acids is 1. The molecule has 1 amide bonds. The van der Waals surface area contributed by atoms with Gasteiger partial charge in [0, 0.05) is 39.6 Å². The van der Waals surface area contributed by atoms with Crippen molar-refractivity contribution in [1.29, 1.82) is 0 Å². The molecule has 1 heterocycles. The van der Waals surface area contributed by atoms with Crippen molar-refractivity contribution in [3.63, 3.8) is 0 Å². The van der Waals surface area contributed by atoms with Gasteiger partial charge in [-0.3, -0.25) is 4.79 Å². The molecule has 1 aromatic carbocycles. The summed E-state index contributed by atoms with van der Waals surface area (Å²) in [5.41, 5.74) is 1.19. The van der Waals surface area contributed by atoms with Gasteiger partial charge in [-0.25, -0.2) is 4.99 Å². The molecule has 0 atom stereocenters. The Morgan fingerprint density at radius 3 is 2.58 bits per heavy atom. The van der Waals surface area contributed by atoms with Crippen molar-refractivity contribution >= 4 is 11.9 Å². The van der Waals surface area contributed by atoms with Crippen LogP contribution in [0.2, 0.25) is 0 Å². The van der Waals surface area contributed by atoms with Gasteiger partial charge in [-0.05, 0) is 31.5 Å². The van der Waals surface area contributed by atoms with Gasteiger partial charge in [0.25, 0.3) is 0 Å². The van der Waals surface area contributed by atoms with E-state index in [1.54, 1.807) is 6.92 Å². The zero-order valence-electron chi connectivity index (χ0n) is 14.9. The smallest absolute Gasteiger partial charge is 0.219 e. The van der Waals surface area contributed by atoms with Crippen molar-refractivity contribution in [2.75, 3.05) is 45.9 Å². The average Bonchev–Trinajstić information content (AvgIpc) is 2.58. The lowest BCUT2D eigenvalue weighted by atomic mass is 10.2. The standard InChI is InChI=1S/C18H28N4O2/c1-4-19-18(22-11-9-21(10-12-22)16(3)23)20-8-13-24-17-7-5-6-15(2)14-17/h5-7,14H,4,8-13H2,1-3H3,(H,19,20). The highest BCUT2D eigenvalue weighted by atomic mass is 16.5. The first kappa shape index (κ1) is 18.1. The molecule has 6 nitrogen and oxygen atoms in total. The van der Waals surface area contributed by atoms with Crippen molar-refractivity contribution in [2.45, 2.75) is 20.8 Å². The predicted molar refractivity (Wildman–Crippen MR) is 96.5 cm³/mol. The van der Waals surface area contributed by atoms with Crippen LogP contribution >= 0.6 is 0 Å². The fourth-order valence-electron chi connectivity index (χ4n) is 2.68. The molecular formula is C18H28N4O2. The molecule has 0 saturated carbocycles. The molecule has 24 heavy (non-hydrogen) atoms. The summed E-state index contributed by atoms with van der Waals surface area (Å²) in [6.07, 6.45) is 0. The molecule has 1 aromatic rings. The van der Waals surface area contributed by atoms with Crippen LogP contribution in [-0.2, 0) is 4.79 Å². The van der Waals surface area contributed by atoms with Gasteiger partial charge in [-0.1, -0.05) is 12.1 Å². The first-order valence-corrected chi connectivity index (χ1v) is 8.58. The predicted octanol–water partition coefficient (Wildman–Crippen LogP) is 1.50. The fraction of sp³-hybridized carbons (Fsp3) is 0.556. The van der Waals surface area contributed by atoms with Gasteiger partial charge < -0.3 is 19.9 Å². The number of ether oxygens (including phenoxy) is 1. The summed E-state index contributed by atoms with van der Waals surface area (Å²) < 4.78 is 5.74. The lowest BCUT2D eigenvalue weighted by molar-refractivity contribution is -0.130. The molecule has 6 heteroatoms. The molecule has 0 bridgehead atoms. The van der Waals surface area contributed by atoms with Gasteiger partial charge in [-0.15, -0.1) is 0 Å². The second-order valence-corrected chi connectivity index (χ2v) is 5.89. The second kappa shape index (κ2) is 9.15. The first-order chi connectivity index (χ1) is 11.6. The number of hydrogen-bond acceptors (Lipinski definition) is 3. The Kier molecular flexibility index (Phi) is 6.90. The van der Waals surface area contributed by atoms with E-state index in [4.69, 9.17) is 4.74 Å². The maximum Gasteiger partial charge on any atom is 0.219 e. The van der Waals surface area contributed by atoms with Gasteiger partial charge in [0.2, 0.25) is 5.91 Å². The van der Waals surface area contributed by atoms with Crippen molar-refractivity contribution < 1.29 is 9.53 Å². The summed E-state index contributed by atoms with van der Waals surface area (Å²) in [4.78, 5) is 20.1. The topological polar surface area (TPSA) is 57.2 Å². The van der Waals surface area contributed by atoms with E-state index in [0.717, 1.165) is 44.4 Å². The molecule has 1 fully saturated rings. The zero-order chi connectivity index (χ0) is 17.4. The molecule has 1 aliphatic heterocycles. The molecule has 1 N–H and O–H groups in total. The summed E-state index contributed by atoms with van der Waals surface area (Å²) in [6.45, 7) is 10.8. The van der Waals surface area contributed by atoms with E-state index in [1.165, 1.54) is 5.56 Å². The number of rotatable bonds is 5. The van der Waals surface area contributed by atoms with Gasteiger partial charge in [0.1, 0.15) is 12.4 Å². The number of nitrogens with one attached hydrogen (secondary N) is 1. The van der Waals surface area contributed by atoms with Crippen LogP contribution in [0.15, 0.2) is 29.3 Å². The van der Waals surface area contributed by atoms with Crippen LogP contribution in [-0.4, -0.2) is 67.5 Å². The van der Waals surface area contributed by atoms with Gasteiger partial charge in [0.15, 0.2) is 5.96 Å². The van der Waals surface area contributed by atoms with E-state index in [-0.39, 0.29) is 5.91 Å². The molecule has 0 spiro atoms. The Balaban J connectivity index is 1.83. The molecule has 2 rings (SSSR count). The average molecular weight is 332 g/mol. The molecule has 1 saturated heterocycles. The lowest BCUT2D eigenvalue weighted by Crippen LogP contribution is -2.53. The van der Waals surface area contributed by atoms with Crippen LogP contribution < -0.4 is 10.1 Å². The highest BCUT2D eigenvalue weighted by Gasteiger charge is 2.20. The fourth-order valence-corrected chi connectivity index (χ4v) is 2.68. The van der Waals surface area contributed by atoms with Gasteiger partial charge in [0.05, 0.1) is 6.54 Å². The van der Waals surface area contributed by atoms with E-state index in [1.807, 2.05) is 23.1 Å². The van der Waals surface area contributed by atoms with Crippen molar-refractivity contribution in [3.8, 4) is 5.75 Å². The molecule has 0 aromatic heterocycles. The minimum Gasteiger partial charge on any atom is -0.492 e. The van der Waals surface area contributed by atoms with Crippen LogP contribution in [0, 0.1) is 6.92 Å². The normalized spacial score (nSPS) is 15.4. The molecule has 132 valence electrons. The number of aryl methyl sites for hydroxylation is 1. The molecule has 0 aliphatic carbocycles. The van der Waals surface area contributed by atoms with Gasteiger partial charge in [-0.2, -0.15) is 0 Å². The largest absolute Gasteiger partial charge is 0.492 e. The van der Waals surface area contributed by atoms with Crippen molar-refractivity contribution in [2.24, 2.45) is 4.99 Å². The molecule has 1 aliphatic rings. The van der Waals surface area contributed by atoms with Crippen molar-refractivity contribution in [1.82, 2.24) is 15.1 Å². The summed E-state index contributed by atoms with van der Waals surface area (Å²) in [6, 6.07) is 8.03. The summed E-state index contributed by atoms with van der Waals surface area (Å²) in [7, 11) is 0. The minimum atomic E-state index is 0.142. The Morgan fingerprint density at radius 1 is 1.25 bits per heavy atom. The van der Waals surface area contributed by atoms with Crippen LogP contribution in [0.3, 0.4) is 0 Å². The maximum absolute atomic E-state index is 11.4. The lowest BCUT2D eigenvalue weighted by Gasteiger charge is -2.36. The number of guanidine groups is 1. The Morgan fingerprint density at radius 2 is 1.96 bits per heavy atom. The number of amides is 1. The zero-order valence-corrected chi connectivity index (χ0v) is 14.9. The van der Waals surface area contributed by atoms with Crippen molar-refractivity contribution in [3.05, 3.63) is 29.8 Å². The summed E-state index contributed by atoms with van der Waals surface area (Å²) in [5.74, 6) is 1.92. The second-order valence-electron chi connectivity index (χ2n) is 5.89. The van der Waals surface area contributed by atoms with E-state index < -0.39 is 0 Å². The SMILES string of the molecule is CCNC(=NCCOc1cccc(C)c1)N1CCN(C(C)=O)CC1. The number of nitrogens with zero attached hydrogens (tertiary/aromatic N) is 3. The minimum absolute atomic E-state index is 0.142. The molecular weight excluding hydrogens is 304 g/mol. The molecule has 0 radical (unpaired) electrons. The first-order valence-electron chi connectivity index (χ1n) is 8.58. The van der Waals surface area contributed by atoms with Crippen LogP contribution in [0.25, 0.3) is 0 Å². The Hall–Kier alpha value is -2.24. The van der Waals surface area contributed by atoms with E-state index in [0.29, 0.717) is 13.2 Å². The number of benzene rings is 1. The number of piperazine rings is 1. The van der Waals surface area contributed by atoms with E-state index in [2.05, 4.69) is 35.1 Å². The van der Waals surface area contributed by atoms with Crippen LogP contribution in [0.1, 0.15) is 19.4 Å². The summed E-state index contributed by atoms with van der Waals surface area (Å²) in [5, 5.41) is 3.32. The van der Waals surface area contributed by atoms with Gasteiger partial charge >= 0.3 is 0 Å². The van der Waals surface area contributed by atoms with Crippen LogP contribution in [0.4, 0.5) is 0 Å². The monoisotopic (exact) mass is 332 g/mol. The number of carbonyl (C=O) groups is 1. The third-order valence-electron chi connectivity index (χ3n) is 3.97. The van der Waals surface area contributed by atoms with E-state index in [9.17, 15) is 4.79 Å². The Labute approximate surface area is 144 Å². The maximum atomic E-state index is 11.4. The third-order valence-corrected chi connectivity index (χ3v) is 3.97. The summed E-state index contributed by atoms with van der Waals surface area (Å²) >= 11 is 0. The number of hydrogen-bond donors (Lipinski definition) is 1. The highest BCUT2D eigenvalue weighted by Crippen LogP contribution is 2.12. The third kappa shape index (κ3) is 5.44. The quantitative estimate of drug-likeness (QED) is 0.504. The number of aliphatic imine (C=N–C) groups is 1. The highest BCUT2D eigenvalue weighted by molar-refractivity contribution is 5.80.